The first-order valence-corrected chi connectivity index (χ1v) is 38.6. The van der Waals surface area contributed by atoms with E-state index in [0.717, 1.165) is 180 Å². The molecule has 0 unspecified atom stereocenters. The highest BCUT2D eigenvalue weighted by Gasteiger charge is 2.55. The van der Waals surface area contributed by atoms with Crippen molar-refractivity contribution >= 4 is 39.4 Å². The van der Waals surface area contributed by atoms with Crippen LogP contribution in [0.3, 0.4) is 0 Å². The number of carbonyl (C=O) groups excluding carboxylic acids is 4. The number of ether oxygens (including phenoxy) is 5. The van der Waals surface area contributed by atoms with Crippen LogP contribution in [-0.2, 0) is 61.0 Å². The van der Waals surface area contributed by atoms with E-state index in [0.29, 0.717) is 12.8 Å². The molecule has 536 valence electrons. The lowest BCUT2D eigenvalue weighted by atomic mass is 9.91. The third-order valence-corrected chi connectivity index (χ3v) is 18.5. The average molecular weight is 1350 g/mol. The second kappa shape index (κ2) is 50.2. The minimum Gasteiger partial charge on any atom is -0.457 e. The Kier molecular flexibility index (Phi) is 46.8. The number of carbonyl (C=O) groups is 4. The molecule has 23 nitrogen and oxygen atoms in total. The van der Waals surface area contributed by atoms with Crippen LogP contribution in [0, 0.1) is 11.8 Å². The molecular formula is C66H126N2O21P2. The number of phosphoric acid groups is 2. The van der Waals surface area contributed by atoms with Crippen LogP contribution in [0.1, 0.15) is 298 Å². The molecule has 0 saturated carbocycles. The van der Waals surface area contributed by atoms with E-state index in [1.54, 1.807) is 0 Å². The molecule has 2 fully saturated rings. The molecule has 0 bridgehead atoms. The van der Waals surface area contributed by atoms with Crippen LogP contribution >= 0.6 is 15.6 Å². The van der Waals surface area contributed by atoms with E-state index in [4.69, 9.17) is 32.7 Å². The van der Waals surface area contributed by atoms with E-state index in [1.165, 1.54) is 25.7 Å². The molecule has 2 aliphatic heterocycles. The van der Waals surface area contributed by atoms with Crippen LogP contribution < -0.4 is 10.6 Å². The van der Waals surface area contributed by atoms with E-state index >= 15 is 0 Å². The van der Waals surface area contributed by atoms with Gasteiger partial charge in [-0.15, -0.1) is 0 Å². The summed E-state index contributed by atoms with van der Waals surface area (Å²) >= 11 is 0. The second-order valence-corrected chi connectivity index (χ2v) is 28.3. The first-order chi connectivity index (χ1) is 43.5. The smallest absolute Gasteiger partial charge is 0.457 e. The molecule has 0 radical (unpaired) electrons. The zero-order valence-corrected chi connectivity index (χ0v) is 58.3. The maximum atomic E-state index is 14.4. The normalized spacial score (nSPS) is 22.9. The van der Waals surface area contributed by atoms with Crippen LogP contribution in [0.15, 0.2) is 0 Å². The highest BCUT2D eigenvalue weighted by molar-refractivity contribution is 7.46. The van der Waals surface area contributed by atoms with Gasteiger partial charge in [-0.05, 0) is 50.4 Å². The van der Waals surface area contributed by atoms with Crippen molar-refractivity contribution in [2.24, 2.45) is 11.8 Å². The first kappa shape index (κ1) is 84.9. The highest BCUT2D eigenvalue weighted by Crippen LogP contribution is 2.46. The Morgan fingerprint density at radius 2 is 0.780 bits per heavy atom. The summed E-state index contributed by atoms with van der Waals surface area (Å²) in [4.78, 5) is 98.4. The monoisotopic (exact) mass is 1340 g/mol. The van der Waals surface area contributed by atoms with Crippen LogP contribution in [0.2, 0.25) is 0 Å². The van der Waals surface area contributed by atoms with E-state index in [-0.39, 0.29) is 37.5 Å². The standard InChI is InChI=1S/C66H126N2O21P2/c1-7-13-19-21-23-25-27-29-35-41-51(70)45-56(73)68-60-64(87-58(75)46-52(71)42-36-30-28-26-24-22-20-14-8-2)62(88-90(77,78)79)54(85-66(60)89-91(80,81)82)48-83-65-59(67-55(72)43-49(37-31-15-9-3)38-32-16-10-4)63(61(76)53(47-69)84-65)86-57(74)44-50(39-33-17-11-5)40-34-18-12-6/h49-54,59-66,69-71,76H,7-48H2,1-6H3,(H,67,72)(H,68,73)(H2,77,78,79)(H2,80,81,82)/t51-,52-,53-,54-,59-,60-,61-,62-,63-,64-,65-,66-/m1/s1. The molecule has 0 aliphatic carbocycles. The molecule has 0 spiro atoms. The van der Waals surface area contributed by atoms with Gasteiger partial charge in [0, 0.05) is 12.8 Å². The minimum atomic E-state index is -5.72. The average Bonchev–Trinajstić information content (AvgIpc) is 0.825. The highest BCUT2D eigenvalue weighted by atomic mass is 31.2. The van der Waals surface area contributed by atoms with Crippen molar-refractivity contribution in [3.05, 3.63) is 0 Å². The summed E-state index contributed by atoms with van der Waals surface area (Å²) in [6.07, 6.45) is 13.5. The molecule has 12 atom stereocenters. The summed E-state index contributed by atoms with van der Waals surface area (Å²) in [7, 11) is -11.4. The van der Waals surface area contributed by atoms with Crippen LogP contribution in [-0.4, -0.2) is 150 Å². The number of hydrogen-bond acceptors (Lipinski definition) is 17. The Labute approximate surface area is 545 Å². The Morgan fingerprint density at radius 3 is 1.22 bits per heavy atom. The largest absolute Gasteiger partial charge is 0.472 e. The lowest BCUT2D eigenvalue weighted by Gasteiger charge is -2.47. The summed E-state index contributed by atoms with van der Waals surface area (Å²) in [5, 5.41) is 50.1. The van der Waals surface area contributed by atoms with Gasteiger partial charge in [-0.3, -0.25) is 28.2 Å². The molecule has 2 amide bonds. The second-order valence-electron chi connectivity index (χ2n) is 25.9. The van der Waals surface area contributed by atoms with E-state index in [9.17, 15) is 68.3 Å². The van der Waals surface area contributed by atoms with Gasteiger partial charge < -0.3 is 74.3 Å². The molecule has 10 N–H and O–H groups in total. The summed E-state index contributed by atoms with van der Waals surface area (Å²) in [5.74, 6) is -3.44. The summed E-state index contributed by atoms with van der Waals surface area (Å²) in [6, 6.07) is -3.57. The van der Waals surface area contributed by atoms with E-state index in [1.807, 2.05) is 0 Å². The lowest BCUT2D eigenvalue weighted by molar-refractivity contribution is -0.297. The number of esters is 2. The zero-order valence-electron chi connectivity index (χ0n) is 56.6. The Bertz CT molecular complexity index is 1980. The number of phosphoric ester groups is 2. The fourth-order valence-electron chi connectivity index (χ4n) is 12.3. The molecule has 2 heterocycles. The van der Waals surface area contributed by atoms with Gasteiger partial charge in [-0.1, -0.05) is 234 Å². The predicted octanol–water partition coefficient (Wildman–Crippen LogP) is 11.9. The van der Waals surface area contributed by atoms with Gasteiger partial charge in [-0.2, -0.15) is 0 Å². The molecule has 0 aromatic heterocycles. The van der Waals surface area contributed by atoms with Crippen molar-refractivity contribution in [3.8, 4) is 0 Å². The fourth-order valence-corrected chi connectivity index (χ4v) is 13.4. The topological polar surface area (TPSA) is 353 Å². The van der Waals surface area contributed by atoms with E-state index < -0.39 is 139 Å². The quantitative estimate of drug-likeness (QED) is 0.0154. The van der Waals surface area contributed by atoms with Crippen molar-refractivity contribution in [1.29, 1.82) is 0 Å². The van der Waals surface area contributed by atoms with Crippen LogP contribution in [0.4, 0.5) is 0 Å². The van der Waals surface area contributed by atoms with Gasteiger partial charge in [0.15, 0.2) is 24.8 Å². The maximum absolute atomic E-state index is 14.4. The van der Waals surface area contributed by atoms with Crippen molar-refractivity contribution in [2.75, 3.05) is 13.2 Å². The fraction of sp³-hybridized carbons (Fsp3) is 0.939. The molecule has 0 aromatic carbocycles. The summed E-state index contributed by atoms with van der Waals surface area (Å²) in [6.45, 7) is 10.8. The summed E-state index contributed by atoms with van der Waals surface area (Å²) in [5.41, 5.74) is 0. The van der Waals surface area contributed by atoms with Gasteiger partial charge in [0.05, 0.1) is 38.3 Å². The van der Waals surface area contributed by atoms with Gasteiger partial charge in [0.25, 0.3) is 0 Å². The van der Waals surface area contributed by atoms with Gasteiger partial charge in [0.2, 0.25) is 11.8 Å². The summed E-state index contributed by atoms with van der Waals surface area (Å²) < 4.78 is 67.0. The lowest BCUT2D eigenvalue weighted by Crippen LogP contribution is -2.68. The predicted molar refractivity (Wildman–Crippen MR) is 348 cm³/mol. The van der Waals surface area contributed by atoms with Gasteiger partial charge in [-0.25, -0.2) is 9.13 Å². The van der Waals surface area contributed by atoms with Crippen molar-refractivity contribution in [2.45, 2.75) is 372 Å². The van der Waals surface area contributed by atoms with Crippen molar-refractivity contribution in [1.82, 2.24) is 10.6 Å². The first-order valence-electron chi connectivity index (χ1n) is 35.6. The minimum absolute atomic E-state index is 0.0188. The number of aliphatic hydroxyl groups excluding tert-OH is 4. The van der Waals surface area contributed by atoms with Crippen molar-refractivity contribution in [3.63, 3.8) is 0 Å². The number of amides is 2. The number of nitrogens with one attached hydrogen (secondary N) is 2. The van der Waals surface area contributed by atoms with Crippen LogP contribution in [0.5, 0.6) is 0 Å². The molecule has 2 saturated heterocycles. The van der Waals surface area contributed by atoms with Gasteiger partial charge in [0.1, 0.15) is 36.5 Å². The van der Waals surface area contributed by atoms with E-state index in [2.05, 4.69) is 52.2 Å². The van der Waals surface area contributed by atoms with Crippen molar-refractivity contribution < 1.29 is 101 Å². The molecule has 2 aliphatic rings. The van der Waals surface area contributed by atoms with Gasteiger partial charge >= 0.3 is 27.6 Å². The SMILES string of the molecule is CCCCCCCCCCC[C@@H](O)CC(=O)N[C@H]1[C@@H](OP(=O)(O)O)O[C@H](CO[C@@H]2O[C@H](CO)[C@@H](O)[C@H](OC(=O)CC(CCCCC)CCCCC)[C@H]2NC(=O)CC(CCCCC)CCCCC)[C@@H](OP(=O)(O)O)[C@@H]1OC(=O)C[C@H](O)CCCCCCCCCCC. The molecule has 91 heavy (non-hydrogen) atoms. The Hall–Kier alpha value is -2.18. The number of unbranched alkanes of at least 4 members (excludes halogenated alkanes) is 24. The third kappa shape index (κ3) is 39.0. The number of hydrogen-bond donors (Lipinski definition) is 10. The number of rotatable bonds is 56. The number of aliphatic hydroxyl groups is 4. The Balaban J connectivity index is 2.71. The third-order valence-electron chi connectivity index (χ3n) is 17.5. The van der Waals surface area contributed by atoms with Crippen LogP contribution in [0.25, 0.3) is 0 Å². The molecule has 2 rings (SSSR count). The molecule has 25 heteroatoms. The maximum Gasteiger partial charge on any atom is 0.472 e. The zero-order chi connectivity index (χ0) is 67.5. The molecular weight excluding hydrogens is 1220 g/mol. The molecule has 0 aromatic rings. The Morgan fingerprint density at radius 1 is 0.429 bits per heavy atom.